The molecule has 3 aromatic rings. The van der Waals surface area contributed by atoms with Crippen LogP contribution in [0.1, 0.15) is 4.88 Å². The van der Waals surface area contributed by atoms with Gasteiger partial charge in [-0.15, -0.1) is 0 Å². The molecule has 116 valence electrons. The van der Waals surface area contributed by atoms with Gasteiger partial charge in [-0.25, -0.2) is 13.4 Å². The Labute approximate surface area is 137 Å². The van der Waals surface area contributed by atoms with Crippen molar-refractivity contribution in [2.75, 3.05) is 4.72 Å². The van der Waals surface area contributed by atoms with Crippen LogP contribution < -0.4 is 9.46 Å². The molecule has 0 radical (unpaired) electrons. The van der Waals surface area contributed by atoms with Crippen molar-refractivity contribution in [2.45, 2.75) is 11.5 Å². The Morgan fingerprint density at radius 3 is 2.61 bits per heavy atom. The van der Waals surface area contributed by atoms with E-state index in [4.69, 9.17) is 4.74 Å². The number of sulfonamides is 1. The van der Waals surface area contributed by atoms with Crippen LogP contribution in [0.15, 0.2) is 59.5 Å². The van der Waals surface area contributed by atoms with Gasteiger partial charge in [-0.3, -0.25) is 4.72 Å². The Bertz CT molecular complexity index is 966. The third kappa shape index (κ3) is 2.58. The van der Waals surface area contributed by atoms with E-state index >= 15 is 0 Å². The number of thiazole rings is 1. The van der Waals surface area contributed by atoms with Crippen molar-refractivity contribution in [3.05, 3.63) is 59.5 Å². The Morgan fingerprint density at radius 2 is 1.78 bits per heavy atom. The number of fused-ring (bicyclic) bond motifs is 3. The molecule has 2 aromatic carbocycles. The molecule has 1 aliphatic heterocycles. The summed E-state index contributed by atoms with van der Waals surface area (Å²) >= 11 is 1.29. The molecule has 1 N–H and O–H groups in total. The van der Waals surface area contributed by atoms with Crippen LogP contribution in [0, 0.1) is 0 Å². The standard InChI is InChI=1S/C16H12N2O3S2/c19-23(20,11-6-2-1-3-7-11)18-16-17-15-12-8-4-5-9-13(12)21-10-14(15)22-16/h1-9H,10H2,(H,17,18). The summed E-state index contributed by atoms with van der Waals surface area (Å²) in [5, 5.41) is 0.346. The van der Waals surface area contributed by atoms with Gasteiger partial charge in [0.15, 0.2) is 5.13 Å². The van der Waals surface area contributed by atoms with Crippen LogP contribution in [0.5, 0.6) is 5.75 Å². The molecule has 23 heavy (non-hydrogen) atoms. The van der Waals surface area contributed by atoms with E-state index in [0.717, 1.165) is 21.9 Å². The van der Waals surface area contributed by atoms with Crippen LogP contribution in [-0.4, -0.2) is 13.4 Å². The first-order valence-corrected chi connectivity index (χ1v) is 9.23. The molecular weight excluding hydrogens is 332 g/mol. The lowest BCUT2D eigenvalue weighted by molar-refractivity contribution is 0.305. The third-order valence-corrected chi connectivity index (χ3v) is 5.90. The number of ether oxygens (including phenoxy) is 1. The van der Waals surface area contributed by atoms with Crippen LogP contribution in [0.25, 0.3) is 11.3 Å². The van der Waals surface area contributed by atoms with E-state index in [9.17, 15) is 8.42 Å². The van der Waals surface area contributed by atoms with Gasteiger partial charge in [0.25, 0.3) is 10.0 Å². The van der Waals surface area contributed by atoms with Crippen LogP contribution in [0.3, 0.4) is 0 Å². The van der Waals surface area contributed by atoms with Crippen molar-refractivity contribution in [3.63, 3.8) is 0 Å². The lowest BCUT2D eigenvalue weighted by Gasteiger charge is -2.15. The second kappa shape index (κ2) is 5.36. The molecule has 0 amide bonds. The summed E-state index contributed by atoms with van der Waals surface area (Å²) < 4.78 is 33.0. The van der Waals surface area contributed by atoms with E-state index < -0.39 is 10.0 Å². The fraction of sp³-hybridized carbons (Fsp3) is 0.0625. The molecule has 0 saturated heterocycles. The highest BCUT2D eigenvalue weighted by atomic mass is 32.2. The average Bonchev–Trinajstić information content (AvgIpc) is 2.98. The molecule has 0 atom stereocenters. The number of benzene rings is 2. The first-order chi connectivity index (χ1) is 11.1. The Hall–Kier alpha value is -2.38. The Morgan fingerprint density at radius 1 is 1.04 bits per heavy atom. The summed E-state index contributed by atoms with van der Waals surface area (Å²) in [6.07, 6.45) is 0. The van der Waals surface area contributed by atoms with Gasteiger partial charge in [0.1, 0.15) is 12.4 Å². The normalized spacial score (nSPS) is 12.9. The first-order valence-electron chi connectivity index (χ1n) is 6.93. The predicted octanol–water partition coefficient (Wildman–Crippen LogP) is 3.50. The maximum Gasteiger partial charge on any atom is 0.263 e. The zero-order valence-electron chi connectivity index (χ0n) is 11.9. The molecule has 0 bridgehead atoms. The molecule has 4 rings (SSSR count). The molecule has 1 aromatic heterocycles. The lowest BCUT2D eigenvalue weighted by Crippen LogP contribution is -2.12. The van der Waals surface area contributed by atoms with Gasteiger partial charge in [0.05, 0.1) is 15.5 Å². The van der Waals surface area contributed by atoms with Gasteiger partial charge in [0.2, 0.25) is 0 Å². The number of hydrogen-bond acceptors (Lipinski definition) is 5. The fourth-order valence-electron chi connectivity index (χ4n) is 2.41. The average molecular weight is 344 g/mol. The highest BCUT2D eigenvalue weighted by molar-refractivity contribution is 7.93. The van der Waals surface area contributed by atoms with E-state index in [0.29, 0.717) is 11.7 Å². The van der Waals surface area contributed by atoms with Crippen molar-refractivity contribution in [2.24, 2.45) is 0 Å². The van der Waals surface area contributed by atoms with Crippen LogP contribution in [-0.2, 0) is 16.6 Å². The smallest absolute Gasteiger partial charge is 0.263 e. The minimum atomic E-state index is -3.63. The van der Waals surface area contributed by atoms with Gasteiger partial charge in [-0.1, -0.05) is 41.7 Å². The maximum absolute atomic E-state index is 12.4. The van der Waals surface area contributed by atoms with Gasteiger partial charge in [0, 0.05) is 5.56 Å². The summed E-state index contributed by atoms with van der Waals surface area (Å²) in [6.45, 7) is 0.400. The number of nitrogens with zero attached hydrogens (tertiary/aromatic N) is 1. The number of para-hydroxylation sites is 1. The monoisotopic (exact) mass is 344 g/mol. The predicted molar refractivity (Wildman–Crippen MR) is 89.1 cm³/mol. The highest BCUT2D eigenvalue weighted by Gasteiger charge is 2.23. The van der Waals surface area contributed by atoms with Crippen LogP contribution in [0.4, 0.5) is 5.13 Å². The number of nitrogens with one attached hydrogen (secondary N) is 1. The summed E-state index contributed by atoms with van der Waals surface area (Å²) in [7, 11) is -3.63. The van der Waals surface area contributed by atoms with Gasteiger partial charge in [-0.2, -0.15) is 0 Å². The number of aromatic nitrogens is 1. The minimum absolute atomic E-state index is 0.213. The molecule has 0 unspecified atom stereocenters. The van der Waals surface area contributed by atoms with E-state index in [1.807, 2.05) is 24.3 Å². The summed E-state index contributed by atoms with van der Waals surface area (Å²) in [5.41, 5.74) is 1.66. The molecule has 0 spiro atoms. The van der Waals surface area contributed by atoms with Crippen molar-refractivity contribution < 1.29 is 13.2 Å². The molecule has 0 fully saturated rings. The quantitative estimate of drug-likeness (QED) is 0.789. The van der Waals surface area contributed by atoms with Gasteiger partial charge < -0.3 is 4.74 Å². The highest BCUT2D eigenvalue weighted by Crippen LogP contribution is 2.40. The zero-order chi connectivity index (χ0) is 15.9. The van der Waals surface area contributed by atoms with E-state index in [2.05, 4.69) is 9.71 Å². The summed E-state index contributed by atoms with van der Waals surface area (Å²) in [5.74, 6) is 0.766. The third-order valence-electron chi connectivity index (χ3n) is 3.47. The van der Waals surface area contributed by atoms with Crippen molar-refractivity contribution in [3.8, 4) is 17.0 Å². The van der Waals surface area contributed by atoms with E-state index in [-0.39, 0.29) is 4.90 Å². The Balaban J connectivity index is 1.70. The zero-order valence-corrected chi connectivity index (χ0v) is 13.5. The van der Waals surface area contributed by atoms with Crippen LogP contribution >= 0.6 is 11.3 Å². The molecule has 2 heterocycles. The molecule has 1 aliphatic rings. The van der Waals surface area contributed by atoms with E-state index in [1.165, 1.54) is 11.3 Å². The van der Waals surface area contributed by atoms with E-state index in [1.54, 1.807) is 30.3 Å². The maximum atomic E-state index is 12.4. The SMILES string of the molecule is O=S(=O)(Nc1nc2c(s1)COc1ccccc1-2)c1ccccc1. The number of anilines is 1. The molecule has 0 aliphatic carbocycles. The number of rotatable bonds is 3. The van der Waals surface area contributed by atoms with Crippen molar-refractivity contribution in [1.29, 1.82) is 0 Å². The summed E-state index contributed by atoms with van der Waals surface area (Å²) in [4.78, 5) is 5.58. The lowest BCUT2D eigenvalue weighted by atomic mass is 10.1. The second-order valence-electron chi connectivity index (χ2n) is 4.99. The number of hydrogen-bond donors (Lipinski definition) is 1. The second-order valence-corrected chi connectivity index (χ2v) is 7.76. The fourth-order valence-corrected chi connectivity index (χ4v) is 4.55. The van der Waals surface area contributed by atoms with Crippen molar-refractivity contribution in [1.82, 2.24) is 4.98 Å². The van der Waals surface area contributed by atoms with Crippen LogP contribution in [0.2, 0.25) is 0 Å². The minimum Gasteiger partial charge on any atom is -0.487 e. The topological polar surface area (TPSA) is 68.3 Å². The first kappa shape index (κ1) is 14.2. The summed E-state index contributed by atoms with van der Waals surface area (Å²) in [6, 6.07) is 15.8. The van der Waals surface area contributed by atoms with Gasteiger partial charge >= 0.3 is 0 Å². The van der Waals surface area contributed by atoms with Crippen molar-refractivity contribution >= 4 is 26.5 Å². The van der Waals surface area contributed by atoms with Gasteiger partial charge in [-0.05, 0) is 24.3 Å². The molecule has 0 saturated carbocycles. The Kier molecular flexibility index (Phi) is 3.32. The molecule has 5 nitrogen and oxygen atoms in total. The molecule has 7 heteroatoms. The largest absolute Gasteiger partial charge is 0.487 e. The molecular formula is C16H12N2O3S2.